The molecule has 27 heavy (non-hydrogen) atoms. The molecule has 154 valence electrons. The van der Waals surface area contributed by atoms with E-state index in [9.17, 15) is 4.39 Å². The molecule has 0 aliphatic carbocycles. The molecule has 1 aliphatic heterocycles. The summed E-state index contributed by atoms with van der Waals surface area (Å²) in [5, 5.41) is -0.585. The largest absolute Gasteiger partial charge is 0.408 e. The molecule has 1 aromatic carbocycles. The summed E-state index contributed by atoms with van der Waals surface area (Å²) >= 11 is 6.06. The third-order valence-corrected chi connectivity index (χ3v) is 11.0. The van der Waals surface area contributed by atoms with Gasteiger partial charge >= 0.3 is 0 Å². The van der Waals surface area contributed by atoms with Gasteiger partial charge in [0.25, 0.3) is 0 Å². The highest BCUT2D eigenvalue weighted by atomic mass is 35.5. The Kier molecular flexibility index (Phi) is 6.21. The van der Waals surface area contributed by atoms with E-state index < -0.39 is 36.2 Å². The molecule has 1 heterocycles. The second kappa shape index (κ2) is 7.37. The molecule has 1 atom stereocenters. The van der Waals surface area contributed by atoms with E-state index in [4.69, 9.17) is 26.5 Å². The Morgan fingerprint density at radius 2 is 1.81 bits per heavy atom. The minimum Gasteiger partial charge on any atom is -0.408 e. The zero-order valence-electron chi connectivity index (χ0n) is 17.4. The number of halogens is 3. The quantitative estimate of drug-likeness (QED) is 0.481. The first-order chi connectivity index (χ1) is 12.2. The summed E-state index contributed by atoms with van der Waals surface area (Å²) in [6.45, 7) is 14.7. The van der Waals surface area contributed by atoms with Gasteiger partial charge in [-0.3, -0.25) is 0 Å². The van der Waals surface area contributed by atoms with Crippen molar-refractivity contribution in [3.05, 3.63) is 33.9 Å². The summed E-state index contributed by atoms with van der Waals surface area (Å²) < 4.78 is 42.2. The van der Waals surface area contributed by atoms with Crippen LogP contribution < -0.4 is 5.73 Å². The van der Waals surface area contributed by atoms with Gasteiger partial charge in [0, 0.05) is 24.3 Å². The number of nitrogens with two attached hydrogens (primary N) is 1. The van der Waals surface area contributed by atoms with Crippen molar-refractivity contribution in [2.24, 2.45) is 5.73 Å². The summed E-state index contributed by atoms with van der Waals surface area (Å²) in [6, 6.07) is 1.50. The molecule has 0 radical (unpaired) electrons. The Morgan fingerprint density at radius 3 is 2.26 bits per heavy atom. The zero-order chi connectivity index (χ0) is 20.8. The smallest absolute Gasteiger partial charge is 0.193 e. The lowest BCUT2D eigenvalue weighted by Gasteiger charge is -2.43. The molecule has 2 N–H and O–H groups in total. The highest BCUT2D eigenvalue weighted by molar-refractivity contribution is 6.74. The van der Waals surface area contributed by atoms with Crippen molar-refractivity contribution < 1.29 is 17.9 Å². The van der Waals surface area contributed by atoms with Gasteiger partial charge in [-0.2, -0.15) is 0 Å². The van der Waals surface area contributed by atoms with Crippen LogP contribution in [0.25, 0.3) is 0 Å². The SMILES string of the molecule is CC(C)(O[Si](C)(C)C(C)(C)C)c1cc(C2(CN)CCCO2)c(F)c(Cl)c1F. The van der Waals surface area contributed by atoms with E-state index in [2.05, 4.69) is 33.9 Å². The van der Waals surface area contributed by atoms with Crippen LogP contribution in [0.1, 0.15) is 58.6 Å². The first kappa shape index (κ1) is 22.8. The molecule has 1 aromatic rings. The minimum atomic E-state index is -2.21. The Labute approximate surface area is 167 Å². The number of hydrogen-bond donors (Lipinski definition) is 1. The van der Waals surface area contributed by atoms with E-state index in [1.54, 1.807) is 13.8 Å². The molecule has 3 nitrogen and oxygen atoms in total. The van der Waals surface area contributed by atoms with Crippen molar-refractivity contribution in [2.45, 2.75) is 76.8 Å². The number of rotatable bonds is 5. The van der Waals surface area contributed by atoms with E-state index in [1.807, 2.05) is 0 Å². The maximum absolute atomic E-state index is 15.0. The van der Waals surface area contributed by atoms with Crippen LogP contribution in [0.2, 0.25) is 23.2 Å². The average molecular weight is 420 g/mol. The molecular weight excluding hydrogens is 388 g/mol. The number of ether oxygens (including phenoxy) is 1. The van der Waals surface area contributed by atoms with Gasteiger partial charge in [-0.05, 0) is 50.9 Å². The van der Waals surface area contributed by atoms with Crippen molar-refractivity contribution >= 4 is 19.9 Å². The molecule has 1 unspecified atom stereocenters. The van der Waals surface area contributed by atoms with Gasteiger partial charge in [-0.1, -0.05) is 32.4 Å². The fraction of sp³-hybridized carbons (Fsp3) is 0.700. The summed E-state index contributed by atoms with van der Waals surface area (Å²) in [6.07, 6.45) is 1.34. The van der Waals surface area contributed by atoms with Crippen LogP contribution in [0, 0.1) is 11.6 Å². The first-order valence-corrected chi connectivity index (χ1v) is 12.7. The van der Waals surface area contributed by atoms with Gasteiger partial charge in [0.2, 0.25) is 0 Å². The molecule has 2 rings (SSSR count). The second-order valence-electron chi connectivity index (χ2n) is 9.44. The van der Waals surface area contributed by atoms with Crippen LogP contribution in [0.15, 0.2) is 6.07 Å². The van der Waals surface area contributed by atoms with Crippen LogP contribution >= 0.6 is 11.6 Å². The van der Waals surface area contributed by atoms with E-state index in [0.717, 1.165) is 6.42 Å². The maximum Gasteiger partial charge on any atom is 0.193 e. The van der Waals surface area contributed by atoms with Crippen LogP contribution in [-0.2, 0) is 20.4 Å². The van der Waals surface area contributed by atoms with Crippen molar-refractivity contribution in [3.8, 4) is 0 Å². The molecule has 0 spiro atoms. The Hall–Kier alpha value is -0.533. The van der Waals surface area contributed by atoms with Crippen molar-refractivity contribution in [1.82, 2.24) is 0 Å². The normalized spacial score (nSPS) is 21.7. The summed E-state index contributed by atoms with van der Waals surface area (Å²) in [5.41, 5.74) is 4.43. The molecule has 1 saturated heterocycles. The summed E-state index contributed by atoms with van der Waals surface area (Å²) in [4.78, 5) is 0. The van der Waals surface area contributed by atoms with Gasteiger partial charge in [-0.15, -0.1) is 0 Å². The monoisotopic (exact) mass is 419 g/mol. The van der Waals surface area contributed by atoms with Gasteiger partial charge < -0.3 is 14.9 Å². The molecule has 0 saturated carbocycles. The average Bonchev–Trinajstić information content (AvgIpc) is 3.00. The predicted octanol–water partition coefficient (Wildman–Crippen LogP) is 5.84. The van der Waals surface area contributed by atoms with Gasteiger partial charge in [0.05, 0.1) is 5.60 Å². The Balaban J connectivity index is 2.60. The summed E-state index contributed by atoms with van der Waals surface area (Å²) in [5.74, 6) is -1.58. The van der Waals surface area contributed by atoms with Crippen LogP contribution in [0.4, 0.5) is 8.78 Å². The number of hydrogen-bond acceptors (Lipinski definition) is 3. The third kappa shape index (κ3) is 4.10. The Bertz CT molecular complexity index is 711. The van der Waals surface area contributed by atoms with Crippen molar-refractivity contribution in [3.63, 3.8) is 0 Å². The first-order valence-electron chi connectivity index (χ1n) is 9.41. The highest BCUT2D eigenvalue weighted by Gasteiger charge is 2.45. The lowest BCUT2D eigenvalue weighted by molar-refractivity contribution is 0.00457. The molecule has 0 aromatic heterocycles. The zero-order valence-corrected chi connectivity index (χ0v) is 19.2. The predicted molar refractivity (Wildman–Crippen MR) is 109 cm³/mol. The van der Waals surface area contributed by atoms with Gasteiger partial charge in [-0.25, -0.2) is 8.78 Å². The van der Waals surface area contributed by atoms with E-state index in [-0.39, 0.29) is 22.7 Å². The summed E-state index contributed by atoms with van der Waals surface area (Å²) in [7, 11) is -2.21. The van der Waals surface area contributed by atoms with Crippen molar-refractivity contribution in [2.75, 3.05) is 13.2 Å². The third-order valence-electron chi connectivity index (χ3n) is 6.04. The van der Waals surface area contributed by atoms with Crippen LogP contribution in [0.3, 0.4) is 0 Å². The molecule has 1 aliphatic rings. The lowest BCUT2D eigenvalue weighted by atomic mass is 9.86. The van der Waals surface area contributed by atoms with E-state index >= 15 is 4.39 Å². The fourth-order valence-corrected chi connectivity index (χ4v) is 5.30. The Morgan fingerprint density at radius 1 is 1.22 bits per heavy atom. The molecule has 0 amide bonds. The highest BCUT2D eigenvalue weighted by Crippen LogP contribution is 2.45. The van der Waals surface area contributed by atoms with Crippen LogP contribution in [0.5, 0.6) is 0 Å². The van der Waals surface area contributed by atoms with Gasteiger partial charge in [0.1, 0.15) is 10.6 Å². The van der Waals surface area contributed by atoms with E-state index in [0.29, 0.717) is 13.0 Å². The topological polar surface area (TPSA) is 44.5 Å². The number of benzene rings is 1. The minimum absolute atomic E-state index is 0.0551. The van der Waals surface area contributed by atoms with Crippen molar-refractivity contribution in [1.29, 1.82) is 0 Å². The van der Waals surface area contributed by atoms with E-state index in [1.165, 1.54) is 6.07 Å². The van der Waals surface area contributed by atoms with Crippen LogP contribution in [-0.4, -0.2) is 21.5 Å². The molecule has 7 heteroatoms. The van der Waals surface area contributed by atoms with Gasteiger partial charge in [0.15, 0.2) is 20.0 Å². The second-order valence-corrected chi connectivity index (χ2v) is 14.5. The molecule has 1 fully saturated rings. The molecular formula is C20H32ClF2NO2Si. The lowest BCUT2D eigenvalue weighted by Crippen LogP contribution is -2.46. The fourth-order valence-electron chi connectivity index (χ4n) is 3.40. The standard InChI is InChI=1S/C20H32ClF2NO2Si/c1-18(2,3)27(6,7)26-19(4,5)13-11-14(17(23)15(21)16(13)22)20(12-24)9-8-10-25-20/h11H,8-10,12,24H2,1-7H3. The molecule has 0 bridgehead atoms. The maximum atomic E-state index is 15.0.